The van der Waals surface area contributed by atoms with Gasteiger partial charge in [0.15, 0.2) is 0 Å². The average Bonchev–Trinajstić information content (AvgIpc) is 2.72. The van der Waals surface area contributed by atoms with E-state index in [1.54, 1.807) is 7.05 Å². The fraction of sp³-hybridized carbons (Fsp3) is 0.391. The van der Waals surface area contributed by atoms with Gasteiger partial charge in [0.25, 0.3) is 5.91 Å². The Morgan fingerprint density at radius 2 is 1.93 bits per heavy atom. The third-order valence-electron chi connectivity index (χ3n) is 5.82. The monoisotopic (exact) mass is 376 g/mol. The first-order valence-corrected chi connectivity index (χ1v) is 10.1. The van der Waals surface area contributed by atoms with Gasteiger partial charge in [0.1, 0.15) is 5.84 Å². The maximum absolute atomic E-state index is 12.4. The molecule has 1 amide bonds. The fourth-order valence-corrected chi connectivity index (χ4v) is 4.36. The second-order valence-electron chi connectivity index (χ2n) is 7.85. The molecule has 0 bridgehead atoms. The molecule has 2 aliphatic rings. The Morgan fingerprint density at radius 1 is 1.14 bits per heavy atom. The number of amidine groups is 1. The highest BCUT2D eigenvalue weighted by molar-refractivity contribution is 6.14. The van der Waals surface area contributed by atoms with Crippen LogP contribution in [0, 0.1) is 6.92 Å². The van der Waals surface area contributed by atoms with Crippen molar-refractivity contribution in [2.24, 2.45) is 4.99 Å². The zero-order valence-corrected chi connectivity index (χ0v) is 16.6. The standard InChI is InChI=1S/C23H28N4O/c1-16-8-6-9-17(14-16)15-25-22-23(12-4-3-5-13-23)27-19-11-7-10-18(20(19)26-22)21(28)24-2/h6-11,14,27H,3-5,12-13,15H2,1-2H3,(H,24,28)(H,25,26). The molecule has 0 unspecified atom stereocenters. The van der Waals surface area contributed by atoms with Crippen LogP contribution in [0.1, 0.15) is 53.6 Å². The third-order valence-corrected chi connectivity index (χ3v) is 5.82. The summed E-state index contributed by atoms with van der Waals surface area (Å²) in [6, 6.07) is 14.3. The summed E-state index contributed by atoms with van der Waals surface area (Å²) in [4.78, 5) is 17.4. The lowest BCUT2D eigenvalue weighted by Gasteiger charge is -2.44. The maximum atomic E-state index is 12.4. The summed E-state index contributed by atoms with van der Waals surface area (Å²) in [5, 5.41) is 10.0. The van der Waals surface area contributed by atoms with Crippen LogP contribution in [-0.4, -0.2) is 24.3 Å². The number of hydrogen-bond acceptors (Lipinski definition) is 3. The molecule has 5 heteroatoms. The molecule has 0 saturated heterocycles. The van der Waals surface area contributed by atoms with E-state index in [-0.39, 0.29) is 11.4 Å². The Morgan fingerprint density at radius 3 is 2.68 bits per heavy atom. The quantitative estimate of drug-likeness (QED) is 0.739. The molecular formula is C23H28N4O. The number of nitrogens with one attached hydrogen (secondary N) is 3. The van der Waals surface area contributed by atoms with E-state index < -0.39 is 0 Å². The van der Waals surface area contributed by atoms with E-state index in [4.69, 9.17) is 4.99 Å². The van der Waals surface area contributed by atoms with E-state index in [1.165, 1.54) is 30.4 Å². The van der Waals surface area contributed by atoms with Crippen molar-refractivity contribution in [2.75, 3.05) is 17.7 Å². The van der Waals surface area contributed by atoms with Crippen molar-refractivity contribution in [3.63, 3.8) is 0 Å². The minimum atomic E-state index is -0.170. The van der Waals surface area contributed by atoms with Crippen molar-refractivity contribution in [1.29, 1.82) is 0 Å². The van der Waals surface area contributed by atoms with Crippen LogP contribution in [-0.2, 0) is 6.54 Å². The van der Waals surface area contributed by atoms with Crippen molar-refractivity contribution in [1.82, 2.24) is 5.32 Å². The van der Waals surface area contributed by atoms with Gasteiger partial charge in [-0.1, -0.05) is 55.2 Å². The van der Waals surface area contributed by atoms with E-state index in [2.05, 4.69) is 47.1 Å². The number of carbonyl (C=O) groups is 1. The minimum absolute atomic E-state index is 0.0937. The normalized spacial score (nSPS) is 18.9. The first-order chi connectivity index (χ1) is 13.6. The summed E-state index contributed by atoms with van der Waals surface area (Å²) < 4.78 is 0. The van der Waals surface area contributed by atoms with Gasteiger partial charge in [0.05, 0.1) is 29.0 Å². The zero-order valence-electron chi connectivity index (χ0n) is 16.6. The number of carbonyl (C=O) groups excluding carboxylic acids is 1. The van der Waals surface area contributed by atoms with Gasteiger partial charge in [-0.15, -0.1) is 0 Å². The smallest absolute Gasteiger partial charge is 0.253 e. The number of aliphatic imine (C=N–C) groups is 1. The predicted molar refractivity (Wildman–Crippen MR) is 115 cm³/mol. The van der Waals surface area contributed by atoms with Crippen molar-refractivity contribution < 1.29 is 4.79 Å². The van der Waals surface area contributed by atoms with Crippen LogP contribution in [0.4, 0.5) is 11.4 Å². The van der Waals surface area contributed by atoms with Gasteiger partial charge in [-0.25, -0.2) is 0 Å². The Labute approximate surface area is 166 Å². The Bertz CT molecular complexity index is 913. The van der Waals surface area contributed by atoms with Gasteiger partial charge in [-0.2, -0.15) is 0 Å². The summed E-state index contributed by atoms with van der Waals surface area (Å²) in [7, 11) is 1.66. The topological polar surface area (TPSA) is 65.5 Å². The Balaban J connectivity index is 1.73. The van der Waals surface area contributed by atoms with Crippen LogP contribution in [0.25, 0.3) is 0 Å². The summed E-state index contributed by atoms with van der Waals surface area (Å²) >= 11 is 0. The number of anilines is 2. The Hall–Kier alpha value is -2.82. The van der Waals surface area contributed by atoms with Crippen molar-refractivity contribution in [3.8, 4) is 0 Å². The van der Waals surface area contributed by atoms with Crippen molar-refractivity contribution in [2.45, 2.75) is 51.1 Å². The molecule has 146 valence electrons. The number of nitrogens with zero attached hydrogens (tertiary/aromatic N) is 1. The molecule has 1 saturated carbocycles. The van der Waals surface area contributed by atoms with Gasteiger partial charge < -0.3 is 16.0 Å². The number of para-hydroxylation sites is 1. The molecular weight excluding hydrogens is 348 g/mol. The molecule has 0 aromatic heterocycles. The van der Waals surface area contributed by atoms with E-state index in [1.807, 2.05) is 18.2 Å². The average molecular weight is 377 g/mol. The number of aryl methyl sites for hydroxylation is 1. The summed E-state index contributed by atoms with van der Waals surface area (Å²) in [5.41, 5.74) is 4.72. The molecule has 2 aromatic rings. The molecule has 4 rings (SSSR count). The molecule has 1 spiro atoms. The molecule has 1 heterocycles. The van der Waals surface area contributed by atoms with Gasteiger partial charge >= 0.3 is 0 Å². The minimum Gasteiger partial charge on any atom is -0.371 e. The number of fused-ring (bicyclic) bond motifs is 1. The van der Waals surface area contributed by atoms with Crippen molar-refractivity contribution in [3.05, 3.63) is 59.2 Å². The highest BCUT2D eigenvalue weighted by Crippen LogP contribution is 2.41. The predicted octanol–water partition coefficient (Wildman–Crippen LogP) is 4.49. The van der Waals surface area contributed by atoms with Crippen LogP contribution in [0.5, 0.6) is 0 Å². The highest BCUT2D eigenvalue weighted by Gasteiger charge is 2.41. The van der Waals surface area contributed by atoms with Crippen LogP contribution >= 0.6 is 0 Å². The summed E-state index contributed by atoms with van der Waals surface area (Å²) in [6.45, 7) is 2.73. The van der Waals surface area contributed by atoms with Gasteiger partial charge in [0.2, 0.25) is 0 Å². The summed E-state index contributed by atoms with van der Waals surface area (Å²) in [5.74, 6) is 0.862. The second-order valence-corrected chi connectivity index (χ2v) is 7.85. The molecule has 0 atom stereocenters. The molecule has 3 N–H and O–H groups in total. The first-order valence-electron chi connectivity index (χ1n) is 10.1. The lowest BCUT2D eigenvalue weighted by molar-refractivity contribution is 0.0964. The number of benzene rings is 2. The molecule has 0 radical (unpaired) electrons. The molecule has 2 aromatic carbocycles. The van der Waals surface area contributed by atoms with Gasteiger partial charge in [-0.05, 0) is 37.5 Å². The van der Waals surface area contributed by atoms with Crippen LogP contribution < -0.4 is 16.0 Å². The zero-order chi connectivity index (χ0) is 19.6. The first kappa shape index (κ1) is 18.5. The number of rotatable bonds is 3. The number of hydrogen-bond donors (Lipinski definition) is 3. The van der Waals surface area contributed by atoms with Gasteiger partial charge in [0, 0.05) is 7.05 Å². The van der Waals surface area contributed by atoms with E-state index in [0.717, 1.165) is 30.1 Å². The van der Waals surface area contributed by atoms with E-state index in [9.17, 15) is 4.79 Å². The van der Waals surface area contributed by atoms with E-state index >= 15 is 0 Å². The fourth-order valence-electron chi connectivity index (χ4n) is 4.36. The van der Waals surface area contributed by atoms with Crippen LogP contribution in [0.3, 0.4) is 0 Å². The molecule has 1 fully saturated rings. The SMILES string of the molecule is CNC(=O)c1cccc2c1NC(=NCc1cccc(C)c1)C1(CCCCC1)N2. The lowest BCUT2D eigenvalue weighted by Crippen LogP contribution is -2.54. The largest absolute Gasteiger partial charge is 0.371 e. The maximum Gasteiger partial charge on any atom is 0.253 e. The second kappa shape index (κ2) is 7.66. The number of amides is 1. The van der Waals surface area contributed by atoms with Crippen LogP contribution in [0.2, 0.25) is 0 Å². The summed E-state index contributed by atoms with van der Waals surface area (Å²) in [6.07, 6.45) is 5.73. The van der Waals surface area contributed by atoms with Gasteiger partial charge in [-0.3, -0.25) is 9.79 Å². The Kier molecular flexibility index (Phi) is 5.07. The highest BCUT2D eigenvalue weighted by atomic mass is 16.1. The van der Waals surface area contributed by atoms with Crippen LogP contribution in [0.15, 0.2) is 47.5 Å². The molecule has 1 aliphatic heterocycles. The third kappa shape index (κ3) is 3.49. The molecule has 5 nitrogen and oxygen atoms in total. The lowest BCUT2D eigenvalue weighted by atomic mass is 9.78. The van der Waals surface area contributed by atoms with Crippen molar-refractivity contribution >= 4 is 23.1 Å². The molecule has 1 aliphatic carbocycles. The molecule has 28 heavy (non-hydrogen) atoms. The van der Waals surface area contributed by atoms with E-state index in [0.29, 0.717) is 12.1 Å².